The van der Waals surface area contributed by atoms with Crippen molar-refractivity contribution in [2.24, 2.45) is 10.9 Å². The molecule has 1 saturated heterocycles. The number of likely N-dealkylation sites (N-methyl/N-ethyl adjacent to an activating group) is 1. The van der Waals surface area contributed by atoms with E-state index < -0.39 is 5.97 Å². The lowest BCUT2D eigenvalue weighted by Crippen LogP contribution is -2.28. The summed E-state index contributed by atoms with van der Waals surface area (Å²) in [4.78, 5) is 30.3. The van der Waals surface area contributed by atoms with E-state index >= 15 is 0 Å². The number of carbonyl (C=O) groups excluding carboxylic acids is 2. The number of rotatable bonds is 9. The first kappa shape index (κ1) is 28.4. The van der Waals surface area contributed by atoms with E-state index in [4.69, 9.17) is 15.7 Å². The van der Waals surface area contributed by atoms with Gasteiger partial charge in [0, 0.05) is 54.4 Å². The topological polar surface area (TPSA) is 133 Å². The zero-order valence-electron chi connectivity index (χ0n) is 22.9. The fraction of sp³-hybridized carbons (Fsp3) is 0.300. The van der Waals surface area contributed by atoms with Gasteiger partial charge in [-0.15, -0.1) is 0 Å². The van der Waals surface area contributed by atoms with Crippen molar-refractivity contribution in [2.75, 3.05) is 55.4 Å². The lowest BCUT2D eigenvalue weighted by molar-refractivity contribution is 0.0526. The van der Waals surface area contributed by atoms with Crippen LogP contribution in [0.5, 0.6) is 0 Å². The Hall–Kier alpha value is -4.57. The number of amides is 1. The molecule has 0 aromatic heterocycles. The smallest absolute Gasteiger partial charge is 0.338 e. The van der Waals surface area contributed by atoms with E-state index in [1.165, 1.54) is 0 Å². The van der Waals surface area contributed by atoms with E-state index in [1.807, 2.05) is 30.3 Å². The van der Waals surface area contributed by atoms with Crippen LogP contribution in [0.15, 0.2) is 71.9 Å². The summed E-state index contributed by atoms with van der Waals surface area (Å²) < 4.78 is 5.16. The summed E-state index contributed by atoms with van der Waals surface area (Å²) in [5.41, 5.74) is 10.2. The molecular formula is C30H36N6O4. The van der Waals surface area contributed by atoms with Crippen molar-refractivity contribution in [2.45, 2.75) is 19.9 Å². The van der Waals surface area contributed by atoms with Crippen molar-refractivity contribution in [3.8, 4) is 0 Å². The summed E-state index contributed by atoms with van der Waals surface area (Å²) in [6.45, 7) is 6.35. The third kappa shape index (κ3) is 7.29. The van der Waals surface area contributed by atoms with Gasteiger partial charge in [0.1, 0.15) is 0 Å². The molecule has 210 valence electrons. The van der Waals surface area contributed by atoms with E-state index in [0.29, 0.717) is 28.9 Å². The first-order valence-electron chi connectivity index (χ1n) is 13.3. The van der Waals surface area contributed by atoms with Crippen molar-refractivity contribution in [1.29, 1.82) is 0 Å². The molecule has 0 aliphatic carbocycles. The molecule has 5 N–H and O–H groups in total. The predicted molar refractivity (Wildman–Crippen MR) is 157 cm³/mol. The molecule has 1 fully saturated rings. The number of ether oxygens (including phenoxy) is 1. The fourth-order valence-electron chi connectivity index (χ4n) is 4.55. The Morgan fingerprint density at radius 2 is 1.75 bits per heavy atom. The third-order valence-electron chi connectivity index (χ3n) is 6.83. The van der Waals surface area contributed by atoms with Crippen LogP contribution < -0.4 is 21.3 Å². The number of hydrogen-bond donors (Lipinski definition) is 4. The molecule has 0 atom stereocenters. The van der Waals surface area contributed by atoms with Crippen LogP contribution in [-0.4, -0.2) is 67.7 Å². The summed E-state index contributed by atoms with van der Waals surface area (Å²) >= 11 is 0. The molecule has 4 rings (SSSR count). The van der Waals surface area contributed by atoms with Crippen molar-refractivity contribution >= 4 is 34.8 Å². The molecule has 10 nitrogen and oxygen atoms in total. The highest BCUT2D eigenvalue weighted by molar-refractivity contribution is 6.05. The van der Waals surface area contributed by atoms with E-state index in [0.717, 1.165) is 49.5 Å². The second-order valence-corrected chi connectivity index (χ2v) is 9.66. The van der Waals surface area contributed by atoms with Gasteiger partial charge in [0.25, 0.3) is 5.91 Å². The third-order valence-corrected chi connectivity index (χ3v) is 6.83. The Bertz CT molecular complexity index is 1360. The number of amidine groups is 1. The highest BCUT2D eigenvalue weighted by Crippen LogP contribution is 2.23. The highest BCUT2D eigenvalue weighted by atomic mass is 16.5. The van der Waals surface area contributed by atoms with Crippen molar-refractivity contribution in [1.82, 2.24) is 4.90 Å². The lowest BCUT2D eigenvalue weighted by atomic mass is 10.1. The largest absolute Gasteiger partial charge is 0.462 e. The summed E-state index contributed by atoms with van der Waals surface area (Å²) in [6, 6.07) is 19.8. The van der Waals surface area contributed by atoms with Crippen LogP contribution in [0.1, 0.15) is 45.2 Å². The Morgan fingerprint density at radius 1 is 0.975 bits per heavy atom. The predicted octanol–water partition coefficient (Wildman–Crippen LogP) is 3.96. The van der Waals surface area contributed by atoms with Crippen LogP contribution in [0, 0.1) is 0 Å². The van der Waals surface area contributed by atoms with Crippen LogP contribution >= 0.6 is 0 Å². The zero-order chi connectivity index (χ0) is 28.5. The molecule has 1 heterocycles. The number of benzene rings is 3. The van der Waals surface area contributed by atoms with Gasteiger partial charge in [0.05, 0.1) is 12.2 Å². The summed E-state index contributed by atoms with van der Waals surface area (Å²) in [5.74, 6) is -0.737. The average Bonchev–Trinajstić information content (AvgIpc) is 3.20. The molecular weight excluding hydrogens is 508 g/mol. The molecule has 1 amide bonds. The molecule has 1 aliphatic rings. The summed E-state index contributed by atoms with van der Waals surface area (Å²) in [5, 5.41) is 18.3. The Morgan fingerprint density at radius 3 is 2.50 bits per heavy atom. The number of esters is 1. The average molecular weight is 545 g/mol. The van der Waals surface area contributed by atoms with Crippen LogP contribution in [0.2, 0.25) is 0 Å². The van der Waals surface area contributed by atoms with Gasteiger partial charge in [-0.3, -0.25) is 4.79 Å². The van der Waals surface area contributed by atoms with Gasteiger partial charge in [-0.1, -0.05) is 23.4 Å². The lowest BCUT2D eigenvalue weighted by Gasteiger charge is -2.23. The number of oxime groups is 1. The molecule has 0 saturated carbocycles. The highest BCUT2D eigenvalue weighted by Gasteiger charge is 2.16. The summed E-state index contributed by atoms with van der Waals surface area (Å²) in [7, 11) is 2.14. The number of anilines is 3. The maximum Gasteiger partial charge on any atom is 0.338 e. The molecule has 0 bridgehead atoms. The number of nitrogens with zero attached hydrogens (tertiary/aromatic N) is 3. The molecule has 0 unspecified atom stereocenters. The molecule has 1 aliphatic heterocycles. The van der Waals surface area contributed by atoms with Gasteiger partial charge in [-0.2, -0.15) is 0 Å². The Labute approximate surface area is 234 Å². The van der Waals surface area contributed by atoms with Gasteiger partial charge in [-0.05, 0) is 81.0 Å². The van der Waals surface area contributed by atoms with Gasteiger partial charge in [0.2, 0.25) is 0 Å². The minimum atomic E-state index is -0.462. The second-order valence-electron chi connectivity index (χ2n) is 9.66. The van der Waals surface area contributed by atoms with E-state index in [-0.39, 0.29) is 18.3 Å². The second kappa shape index (κ2) is 13.5. The maximum atomic E-state index is 13.3. The van der Waals surface area contributed by atoms with Crippen LogP contribution in [0.4, 0.5) is 17.1 Å². The van der Waals surface area contributed by atoms with Crippen LogP contribution in [0.3, 0.4) is 0 Å². The molecule has 0 radical (unpaired) electrons. The van der Waals surface area contributed by atoms with Crippen LogP contribution in [0.25, 0.3) is 0 Å². The molecule has 3 aromatic rings. The number of nitrogens with one attached hydrogen (secondary N) is 2. The maximum absolute atomic E-state index is 13.3. The normalized spacial score (nSPS) is 14.3. The number of nitrogens with two attached hydrogens (primary N) is 1. The first-order valence-corrected chi connectivity index (χ1v) is 13.3. The SMILES string of the molecule is CCOC(=O)c1ccc(CNc2cccc(/C(N)=N/O)c2)c(NC(=O)c2ccc(N3CCCN(C)CC3)cc2)c1. The van der Waals surface area contributed by atoms with Crippen molar-refractivity contribution in [3.05, 3.63) is 89.0 Å². The van der Waals surface area contributed by atoms with Gasteiger partial charge in [0.15, 0.2) is 5.84 Å². The van der Waals surface area contributed by atoms with E-state index in [2.05, 4.69) is 32.6 Å². The first-order chi connectivity index (χ1) is 19.4. The molecule has 3 aromatic carbocycles. The van der Waals surface area contributed by atoms with E-state index in [1.54, 1.807) is 43.3 Å². The minimum Gasteiger partial charge on any atom is -0.462 e. The molecule has 0 spiro atoms. The fourth-order valence-corrected chi connectivity index (χ4v) is 4.55. The van der Waals surface area contributed by atoms with E-state index in [9.17, 15) is 9.59 Å². The molecule has 10 heteroatoms. The summed E-state index contributed by atoms with van der Waals surface area (Å²) in [6.07, 6.45) is 1.10. The number of carbonyl (C=O) groups is 2. The van der Waals surface area contributed by atoms with Crippen LogP contribution in [-0.2, 0) is 11.3 Å². The Kier molecular flexibility index (Phi) is 9.58. The standard InChI is InChI=1S/C30H36N6O4/c1-3-40-30(38)23-8-9-24(20-32-25-7-4-6-22(18-25)28(31)34-39)27(19-23)33-29(37)21-10-12-26(13-11-21)36-15-5-14-35(2)16-17-36/h4,6-13,18-19,32,39H,3,5,14-17,20H2,1-2H3,(H2,31,34)(H,33,37). The monoisotopic (exact) mass is 544 g/mol. The van der Waals surface area contributed by atoms with Gasteiger partial charge < -0.3 is 36.1 Å². The van der Waals surface area contributed by atoms with Gasteiger partial charge >= 0.3 is 5.97 Å². The Balaban J connectivity index is 1.52. The van der Waals surface area contributed by atoms with Crippen molar-refractivity contribution in [3.63, 3.8) is 0 Å². The zero-order valence-corrected chi connectivity index (χ0v) is 22.9. The molecule has 40 heavy (non-hydrogen) atoms. The minimum absolute atomic E-state index is 0.00425. The quantitative estimate of drug-likeness (QED) is 0.105. The number of hydrogen-bond acceptors (Lipinski definition) is 8. The van der Waals surface area contributed by atoms with Crippen molar-refractivity contribution < 1.29 is 19.5 Å². The van der Waals surface area contributed by atoms with Gasteiger partial charge in [-0.25, -0.2) is 4.79 Å².